The molecule has 0 saturated carbocycles. The Labute approximate surface area is 157 Å². The van der Waals surface area contributed by atoms with E-state index < -0.39 is 0 Å². The molecule has 1 aliphatic heterocycles. The number of nitrogens with zero attached hydrogens (tertiary/aromatic N) is 2. The molecule has 1 aliphatic rings. The second-order valence-corrected chi connectivity index (χ2v) is 7.46. The predicted molar refractivity (Wildman–Crippen MR) is 110 cm³/mol. The van der Waals surface area contributed by atoms with E-state index in [1.54, 1.807) is 0 Å². The van der Waals surface area contributed by atoms with E-state index in [0.29, 0.717) is 12.3 Å². The van der Waals surface area contributed by atoms with Crippen LogP contribution in [0.25, 0.3) is 0 Å². The molecule has 1 fully saturated rings. The Bertz CT molecular complexity index is 713. The first kappa shape index (κ1) is 18.5. The quantitative estimate of drug-likeness (QED) is 0.760. The van der Waals surface area contributed by atoms with Gasteiger partial charge in [-0.3, -0.25) is 4.79 Å². The van der Waals surface area contributed by atoms with E-state index in [9.17, 15) is 4.79 Å². The number of aryl methyl sites for hydroxylation is 2. The first-order valence-electron chi connectivity index (χ1n) is 9.75. The zero-order valence-electron chi connectivity index (χ0n) is 16.2. The van der Waals surface area contributed by atoms with Gasteiger partial charge in [0, 0.05) is 37.4 Å². The minimum atomic E-state index is 0.217. The normalized spacial score (nSPS) is 15.1. The molecule has 2 aromatic carbocycles. The zero-order valence-corrected chi connectivity index (χ0v) is 16.2. The Morgan fingerprint density at radius 2 is 1.50 bits per heavy atom. The summed E-state index contributed by atoms with van der Waals surface area (Å²) in [5.74, 6) is 0.781. The van der Waals surface area contributed by atoms with E-state index in [1.165, 1.54) is 16.8 Å². The van der Waals surface area contributed by atoms with Crippen molar-refractivity contribution in [3.8, 4) is 0 Å². The van der Waals surface area contributed by atoms with Crippen molar-refractivity contribution in [2.75, 3.05) is 29.4 Å². The number of carbonyl (C=O) groups is 1. The molecule has 0 radical (unpaired) electrons. The fourth-order valence-corrected chi connectivity index (χ4v) is 3.65. The van der Waals surface area contributed by atoms with Crippen LogP contribution in [0, 0.1) is 19.8 Å². The predicted octanol–water partition coefficient (Wildman–Crippen LogP) is 4.96. The van der Waals surface area contributed by atoms with Gasteiger partial charge in [0.15, 0.2) is 0 Å². The van der Waals surface area contributed by atoms with Crippen LogP contribution in [0.15, 0.2) is 48.5 Å². The standard InChI is InChI=1S/C23H30N2O/c1-4-23(26)25(22-11-7-19(3)8-12-22)17-20-13-15-24(16-14-20)21-9-5-18(2)6-10-21/h5-12,20H,4,13-17H2,1-3H3. The van der Waals surface area contributed by atoms with Gasteiger partial charge in [-0.1, -0.05) is 42.3 Å². The number of rotatable bonds is 5. The highest BCUT2D eigenvalue weighted by molar-refractivity contribution is 5.93. The Kier molecular flexibility index (Phi) is 5.97. The van der Waals surface area contributed by atoms with E-state index in [-0.39, 0.29) is 5.91 Å². The van der Waals surface area contributed by atoms with Crippen LogP contribution in [0.1, 0.15) is 37.3 Å². The number of anilines is 2. The molecule has 0 unspecified atom stereocenters. The molecule has 1 amide bonds. The van der Waals surface area contributed by atoms with Gasteiger partial charge in [0.1, 0.15) is 0 Å². The molecule has 0 aliphatic carbocycles. The molecule has 0 aromatic heterocycles. The Morgan fingerprint density at radius 1 is 0.962 bits per heavy atom. The fraction of sp³-hybridized carbons (Fsp3) is 0.435. The van der Waals surface area contributed by atoms with Crippen LogP contribution in [-0.2, 0) is 4.79 Å². The van der Waals surface area contributed by atoms with Gasteiger partial charge in [-0.15, -0.1) is 0 Å². The molecule has 0 spiro atoms. The highest BCUT2D eigenvalue weighted by Crippen LogP contribution is 2.26. The summed E-state index contributed by atoms with van der Waals surface area (Å²) in [7, 11) is 0. The number of hydrogen-bond donors (Lipinski definition) is 0. The third-order valence-corrected chi connectivity index (χ3v) is 5.40. The summed E-state index contributed by atoms with van der Waals surface area (Å²) in [5, 5.41) is 0. The lowest BCUT2D eigenvalue weighted by atomic mass is 9.95. The van der Waals surface area contributed by atoms with Crippen molar-refractivity contribution < 1.29 is 4.79 Å². The zero-order chi connectivity index (χ0) is 18.5. The van der Waals surface area contributed by atoms with Crippen LogP contribution in [0.2, 0.25) is 0 Å². The molecule has 0 atom stereocenters. The highest BCUT2D eigenvalue weighted by Gasteiger charge is 2.24. The van der Waals surface area contributed by atoms with E-state index in [4.69, 9.17) is 0 Å². The van der Waals surface area contributed by atoms with Gasteiger partial charge in [0.05, 0.1) is 0 Å². The van der Waals surface area contributed by atoms with Crippen molar-refractivity contribution >= 4 is 17.3 Å². The van der Waals surface area contributed by atoms with Crippen LogP contribution >= 0.6 is 0 Å². The topological polar surface area (TPSA) is 23.6 Å². The number of benzene rings is 2. The lowest BCUT2D eigenvalue weighted by Gasteiger charge is -2.36. The maximum Gasteiger partial charge on any atom is 0.226 e. The minimum Gasteiger partial charge on any atom is -0.372 e. The second-order valence-electron chi connectivity index (χ2n) is 7.46. The summed E-state index contributed by atoms with van der Waals surface area (Å²) in [6.45, 7) is 9.11. The van der Waals surface area contributed by atoms with Crippen LogP contribution in [0.4, 0.5) is 11.4 Å². The molecule has 26 heavy (non-hydrogen) atoms. The first-order valence-corrected chi connectivity index (χ1v) is 9.75. The largest absolute Gasteiger partial charge is 0.372 e. The SMILES string of the molecule is CCC(=O)N(CC1CCN(c2ccc(C)cc2)CC1)c1ccc(C)cc1. The molecule has 0 N–H and O–H groups in total. The van der Waals surface area contributed by atoms with E-state index >= 15 is 0 Å². The molecular formula is C23H30N2O. The van der Waals surface area contributed by atoms with Crippen molar-refractivity contribution in [2.45, 2.75) is 40.0 Å². The number of amides is 1. The molecule has 3 heteroatoms. The van der Waals surface area contributed by atoms with Gasteiger partial charge in [-0.2, -0.15) is 0 Å². The maximum atomic E-state index is 12.5. The Hall–Kier alpha value is -2.29. The van der Waals surface area contributed by atoms with Crippen LogP contribution in [0.3, 0.4) is 0 Å². The monoisotopic (exact) mass is 350 g/mol. The second kappa shape index (κ2) is 8.39. The third kappa shape index (κ3) is 4.46. The molecule has 138 valence electrons. The minimum absolute atomic E-state index is 0.217. The molecule has 0 bridgehead atoms. The number of piperidine rings is 1. The summed E-state index contributed by atoms with van der Waals surface area (Å²) in [6, 6.07) is 17.1. The summed E-state index contributed by atoms with van der Waals surface area (Å²) in [5.41, 5.74) is 4.87. The van der Waals surface area contributed by atoms with Crippen LogP contribution < -0.4 is 9.80 Å². The summed E-state index contributed by atoms with van der Waals surface area (Å²) < 4.78 is 0. The number of carbonyl (C=O) groups excluding carboxylic acids is 1. The van der Waals surface area contributed by atoms with Crippen molar-refractivity contribution in [1.29, 1.82) is 0 Å². The molecule has 1 saturated heterocycles. The van der Waals surface area contributed by atoms with Gasteiger partial charge in [0.2, 0.25) is 5.91 Å². The average molecular weight is 351 g/mol. The van der Waals surface area contributed by atoms with Crippen LogP contribution in [-0.4, -0.2) is 25.5 Å². The smallest absolute Gasteiger partial charge is 0.226 e. The van der Waals surface area contributed by atoms with Crippen molar-refractivity contribution in [1.82, 2.24) is 0 Å². The molecule has 3 rings (SSSR count). The molecular weight excluding hydrogens is 320 g/mol. The van der Waals surface area contributed by atoms with Gasteiger partial charge in [-0.05, 0) is 56.9 Å². The maximum absolute atomic E-state index is 12.5. The average Bonchev–Trinajstić information content (AvgIpc) is 2.67. The van der Waals surface area contributed by atoms with E-state index in [1.807, 2.05) is 11.8 Å². The lowest BCUT2D eigenvalue weighted by molar-refractivity contribution is -0.118. The van der Waals surface area contributed by atoms with Crippen molar-refractivity contribution in [2.24, 2.45) is 5.92 Å². The summed E-state index contributed by atoms with van der Waals surface area (Å²) >= 11 is 0. The Morgan fingerprint density at radius 3 is 2.04 bits per heavy atom. The van der Waals surface area contributed by atoms with Gasteiger partial charge in [0.25, 0.3) is 0 Å². The first-order chi connectivity index (χ1) is 12.6. The van der Waals surface area contributed by atoms with Gasteiger partial charge >= 0.3 is 0 Å². The molecule has 3 nitrogen and oxygen atoms in total. The lowest BCUT2D eigenvalue weighted by Crippen LogP contribution is -2.41. The van der Waals surface area contributed by atoms with E-state index in [0.717, 1.165) is 38.2 Å². The van der Waals surface area contributed by atoms with Crippen molar-refractivity contribution in [3.05, 3.63) is 59.7 Å². The summed E-state index contributed by atoms with van der Waals surface area (Å²) in [6.07, 6.45) is 2.82. The van der Waals surface area contributed by atoms with Crippen molar-refractivity contribution in [3.63, 3.8) is 0 Å². The van der Waals surface area contributed by atoms with Gasteiger partial charge in [-0.25, -0.2) is 0 Å². The summed E-state index contributed by atoms with van der Waals surface area (Å²) in [4.78, 5) is 17.0. The third-order valence-electron chi connectivity index (χ3n) is 5.40. The molecule has 1 heterocycles. The fourth-order valence-electron chi connectivity index (χ4n) is 3.65. The Balaban J connectivity index is 1.63. The van der Waals surface area contributed by atoms with Gasteiger partial charge < -0.3 is 9.80 Å². The van der Waals surface area contributed by atoms with Crippen LogP contribution in [0.5, 0.6) is 0 Å². The molecule has 2 aromatic rings. The number of hydrogen-bond acceptors (Lipinski definition) is 2. The highest BCUT2D eigenvalue weighted by atomic mass is 16.2. The van der Waals surface area contributed by atoms with E-state index in [2.05, 4.69) is 67.3 Å².